The van der Waals surface area contributed by atoms with Crippen LogP contribution >= 0.6 is 0 Å². The molecule has 90 valence electrons. The molecule has 2 aromatic rings. The van der Waals surface area contributed by atoms with E-state index in [4.69, 9.17) is 10.3 Å². The molecule has 0 amide bonds. The maximum absolute atomic E-state index is 13.3. The molecule has 0 radical (unpaired) electrons. The van der Waals surface area contributed by atoms with Crippen LogP contribution in [0.5, 0.6) is 0 Å². The molecule has 1 heterocycles. The molecule has 2 rings (SSSR count). The first kappa shape index (κ1) is 11.6. The highest BCUT2D eigenvalue weighted by Crippen LogP contribution is 2.23. The van der Waals surface area contributed by atoms with E-state index in [9.17, 15) is 4.39 Å². The van der Waals surface area contributed by atoms with Crippen molar-refractivity contribution in [3.63, 3.8) is 0 Å². The number of rotatable bonds is 3. The van der Waals surface area contributed by atoms with Crippen LogP contribution in [0.2, 0.25) is 0 Å². The summed E-state index contributed by atoms with van der Waals surface area (Å²) in [5, 5.41) is 3.88. The van der Waals surface area contributed by atoms with Crippen molar-refractivity contribution in [3.8, 4) is 11.5 Å². The lowest BCUT2D eigenvalue weighted by atomic mass is 10.1. The summed E-state index contributed by atoms with van der Waals surface area (Å²) in [7, 11) is 0. The second kappa shape index (κ2) is 4.53. The Balaban J connectivity index is 2.33. The van der Waals surface area contributed by atoms with Crippen molar-refractivity contribution in [2.45, 2.75) is 26.2 Å². The fourth-order valence-corrected chi connectivity index (χ4v) is 1.40. The highest BCUT2D eigenvalue weighted by molar-refractivity contribution is 5.57. The fraction of sp³-hybridized carbons (Fsp3) is 0.333. The molecule has 0 fully saturated rings. The third kappa shape index (κ3) is 2.27. The molecule has 1 aromatic heterocycles. The number of benzene rings is 1. The fourth-order valence-electron chi connectivity index (χ4n) is 1.40. The minimum absolute atomic E-state index is 0.107. The Bertz CT molecular complexity index is 524. The van der Waals surface area contributed by atoms with Gasteiger partial charge in [0.2, 0.25) is 0 Å². The van der Waals surface area contributed by atoms with Crippen LogP contribution in [0.15, 0.2) is 22.7 Å². The molecule has 5 heteroatoms. The molecule has 1 aromatic carbocycles. The summed E-state index contributed by atoms with van der Waals surface area (Å²) >= 11 is 0. The van der Waals surface area contributed by atoms with Crippen molar-refractivity contribution >= 4 is 5.69 Å². The van der Waals surface area contributed by atoms with Crippen LogP contribution in [-0.4, -0.2) is 10.1 Å². The SMILES string of the molecule is CCC(C)c1noc(-c2ccc(N)c(F)c2)n1. The number of nitrogens with zero attached hydrogens (tertiary/aromatic N) is 2. The standard InChI is InChI=1S/C12H14FN3O/c1-3-7(2)11-15-12(17-16-11)8-4-5-10(14)9(13)6-8/h4-7H,3,14H2,1-2H3. The second-order valence-corrected chi connectivity index (χ2v) is 4.00. The Morgan fingerprint density at radius 1 is 1.47 bits per heavy atom. The lowest BCUT2D eigenvalue weighted by Crippen LogP contribution is -1.94. The van der Waals surface area contributed by atoms with E-state index < -0.39 is 5.82 Å². The minimum Gasteiger partial charge on any atom is -0.396 e. The second-order valence-electron chi connectivity index (χ2n) is 4.00. The van der Waals surface area contributed by atoms with Gasteiger partial charge in [-0.05, 0) is 24.6 Å². The third-order valence-electron chi connectivity index (χ3n) is 2.74. The molecule has 17 heavy (non-hydrogen) atoms. The molecule has 0 aliphatic rings. The Kier molecular flexibility index (Phi) is 3.08. The van der Waals surface area contributed by atoms with Crippen LogP contribution in [-0.2, 0) is 0 Å². The van der Waals surface area contributed by atoms with Gasteiger partial charge in [0.25, 0.3) is 5.89 Å². The summed E-state index contributed by atoms with van der Waals surface area (Å²) in [6, 6.07) is 4.44. The normalized spacial score (nSPS) is 12.6. The Hall–Kier alpha value is -1.91. The van der Waals surface area contributed by atoms with E-state index in [0.717, 1.165) is 6.42 Å². The van der Waals surface area contributed by atoms with Gasteiger partial charge in [-0.25, -0.2) is 4.39 Å². The van der Waals surface area contributed by atoms with Crippen LogP contribution in [0.1, 0.15) is 32.0 Å². The molecule has 0 aliphatic carbocycles. The summed E-state index contributed by atoms with van der Waals surface area (Å²) < 4.78 is 18.4. The van der Waals surface area contributed by atoms with Gasteiger partial charge in [0.15, 0.2) is 5.82 Å². The minimum atomic E-state index is -0.481. The Morgan fingerprint density at radius 3 is 2.88 bits per heavy atom. The molecule has 0 saturated heterocycles. The van der Waals surface area contributed by atoms with Gasteiger partial charge < -0.3 is 10.3 Å². The number of nitrogens with two attached hydrogens (primary N) is 1. The third-order valence-corrected chi connectivity index (χ3v) is 2.74. The van der Waals surface area contributed by atoms with E-state index in [1.54, 1.807) is 6.07 Å². The van der Waals surface area contributed by atoms with Gasteiger partial charge in [0.05, 0.1) is 5.69 Å². The zero-order valence-corrected chi connectivity index (χ0v) is 9.77. The van der Waals surface area contributed by atoms with Crippen molar-refractivity contribution in [3.05, 3.63) is 29.8 Å². The van der Waals surface area contributed by atoms with Gasteiger partial charge in [0.1, 0.15) is 5.82 Å². The van der Waals surface area contributed by atoms with Crippen molar-refractivity contribution < 1.29 is 8.91 Å². The van der Waals surface area contributed by atoms with E-state index >= 15 is 0 Å². The van der Waals surface area contributed by atoms with Crippen molar-refractivity contribution in [1.29, 1.82) is 0 Å². The van der Waals surface area contributed by atoms with Gasteiger partial charge in [-0.2, -0.15) is 4.98 Å². The first-order valence-electron chi connectivity index (χ1n) is 5.50. The van der Waals surface area contributed by atoms with Crippen molar-refractivity contribution in [2.75, 3.05) is 5.73 Å². The molecule has 4 nitrogen and oxygen atoms in total. The van der Waals surface area contributed by atoms with E-state index in [1.165, 1.54) is 12.1 Å². The molecule has 0 aliphatic heterocycles. The highest BCUT2D eigenvalue weighted by Gasteiger charge is 2.14. The molecule has 0 saturated carbocycles. The van der Waals surface area contributed by atoms with Crippen molar-refractivity contribution in [2.24, 2.45) is 0 Å². The largest absolute Gasteiger partial charge is 0.396 e. The molecule has 0 bridgehead atoms. The zero-order chi connectivity index (χ0) is 12.4. The highest BCUT2D eigenvalue weighted by atomic mass is 19.1. The summed E-state index contributed by atoms with van der Waals surface area (Å²) in [4.78, 5) is 4.24. The monoisotopic (exact) mass is 235 g/mol. The predicted molar refractivity (Wildman–Crippen MR) is 62.8 cm³/mol. The van der Waals surface area contributed by atoms with Crippen LogP contribution in [0, 0.1) is 5.82 Å². The maximum Gasteiger partial charge on any atom is 0.258 e. The van der Waals surface area contributed by atoms with Gasteiger partial charge in [-0.1, -0.05) is 19.0 Å². The van der Waals surface area contributed by atoms with Crippen LogP contribution in [0.3, 0.4) is 0 Å². The van der Waals surface area contributed by atoms with Crippen LogP contribution < -0.4 is 5.73 Å². The van der Waals surface area contributed by atoms with E-state index in [2.05, 4.69) is 10.1 Å². The average molecular weight is 235 g/mol. The number of nitrogen functional groups attached to an aromatic ring is 1. The number of hydrogen-bond acceptors (Lipinski definition) is 4. The van der Waals surface area contributed by atoms with Gasteiger partial charge in [-0.15, -0.1) is 0 Å². The van der Waals surface area contributed by atoms with Crippen LogP contribution in [0.25, 0.3) is 11.5 Å². The maximum atomic E-state index is 13.3. The number of hydrogen-bond donors (Lipinski definition) is 1. The Morgan fingerprint density at radius 2 is 2.24 bits per heavy atom. The first-order valence-corrected chi connectivity index (χ1v) is 5.50. The number of halogens is 1. The molecule has 0 spiro atoms. The smallest absolute Gasteiger partial charge is 0.258 e. The molecule has 1 unspecified atom stereocenters. The summed E-state index contributed by atoms with van der Waals surface area (Å²) in [6.45, 7) is 4.06. The van der Waals surface area contributed by atoms with E-state index in [-0.39, 0.29) is 11.6 Å². The van der Waals surface area contributed by atoms with Crippen molar-refractivity contribution in [1.82, 2.24) is 10.1 Å². The topological polar surface area (TPSA) is 64.9 Å². The molecule has 2 N–H and O–H groups in total. The summed E-state index contributed by atoms with van der Waals surface area (Å²) in [5.74, 6) is 0.704. The van der Waals surface area contributed by atoms with E-state index in [1.807, 2.05) is 13.8 Å². The van der Waals surface area contributed by atoms with Gasteiger partial charge >= 0.3 is 0 Å². The molecular formula is C12H14FN3O. The zero-order valence-electron chi connectivity index (χ0n) is 9.77. The first-order chi connectivity index (χ1) is 8.11. The molecule has 1 atom stereocenters. The number of aromatic nitrogens is 2. The van der Waals surface area contributed by atoms with E-state index in [0.29, 0.717) is 17.3 Å². The average Bonchev–Trinajstić information content (AvgIpc) is 2.81. The van der Waals surface area contributed by atoms with Crippen LogP contribution in [0.4, 0.5) is 10.1 Å². The number of anilines is 1. The van der Waals surface area contributed by atoms with Gasteiger partial charge in [0, 0.05) is 11.5 Å². The quantitative estimate of drug-likeness (QED) is 0.830. The lowest BCUT2D eigenvalue weighted by molar-refractivity contribution is 0.416. The predicted octanol–water partition coefficient (Wildman–Crippen LogP) is 2.97. The van der Waals surface area contributed by atoms with Gasteiger partial charge in [-0.3, -0.25) is 0 Å². The molecular weight excluding hydrogens is 221 g/mol. The lowest BCUT2D eigenvalue weighted by Gasteiger charge is -1.99. The summed E-state index contributed by atoms with van der Waals surface area (Å²) in [6.07, 6.45) is 0.926. The summed E-state index contributed by atoms with van der Waals surface area (Å²) in [5.41, 5.74) is 6.05. The Labute approximate surface area is 98.6 Å².